The Balaban J connectivity index is 1.54. The van der Waals surface area contributed by atoms with Crippen LogP contribution in [0.5, 0.6) is 0 Å². The Morgan fingerprint density at radius 3 is 2.96 bits per heavy atom. The van der Waals surface area contributed by atoms with Gasteiger partial charge in [-0.25, -0.2) is 12.7 Å². The van der Waals surface area contributed by atoms with Crippen LogP contribution >= 0.6 is 11.3 Å². The molecule has 1 spiro atoms. The predicted molar refractivity (Wildman–Crippen MR) is 91.5 cm³/mol. The van der Waals surface area contributed by atoms with E-state index in [4.69, 9.17) is 0 Å². The summed E-state index contributed by atoms with van der Waals surface area (Å²) in [4.78, 5) is 13.5. The molecule has 7 heteroatoms. The molecule has 0 radical (unpaired) electrons. The molecule has 0 aromatic carbocycles. The van der Waals surface area contributed by atoms with Crippen LogP contribution < -0.4 is 5.32 Å². The average molecular weight is 357 g/mol. The first kappa shape index (κ1) is 16.9. The second kappa shape index (κ2) is 6.18. The van der Waals surface area contributed by atoms with Gasteiger partial charge in [0.25, 0.3) is 0 Å². The van der Waals surface area contributed by atoms with Crippen molar-refractivity contribution in [2.24, 2.45) is 17.3 Å². The molecule has 3 rings (SSSR count). The van der Waals surface area contributed by atoms with Crippen molar-refractivity contribution in [3.63, 3.8) is 0 Å². The molecule has 1 aliphatic heterocycles. The fraction of sp³-hybridized carbons (Fsp3) is 0.688. The second-order valence-electron chi connectivity index (χ2n) is 7.17. The van der Waals surface area contributed by atoms with Crippen molar-refractivity contribution in [1.82, 2.24) is 9.62 Å². The molecule has 2 heterocycles. The van der Waals surface area contributed by atoms with Gasteiger partial charge in [-0.1, -0.05) is 19.9 Å². The molecule has 0 unspecified atom stereocenters. The van der Waals surface area contributed by atoms with Gasteiger partial charge >= 0.3 is 0 Å². The Morgan fingerprint density at radius 1 is 1.52 bits per heavy atom. The molecule has 0 bridgehead atoms. The highest BCUT2D eigenvalue weighted by molar-refractivity contribution is 7.89. The summed E-state index contributed by atoms with van der Waals surface area (Å²) in [5, 5.41) is 4.98. The molecule has 23 heavy (non-hydrogen) atoms. The van der Waals surface area contributed by atoms with Crippen LogP contribution in [0.1, 0.15) is 31.6 Å². The summed E-state index contributed by atoms with van der Waals surface area (Å²) in [6.45, 7) is 5.48. The van der Waals surface area contributed by atoms with E-state index in [9.17, 15) is 13.2 Å². The Morgan fingerprint density at radius 2 is 2.30 bits per heavy atom. The highest BCUT2D eigenvalue weighted by Gasteiger charge is 2.61. The van der Waals surface area contributed by atoms with Crippen LogP contribution in [0.2, 0.25) is 0 Å². The third-order valence-electron chi connectivity index (χ3n) is 4.81. The van der Waals surface area contributed by atoms with E-state index in [1.807, 2.05) is 31.4 Å². The Labute approximate surface area is 142 Å². The fourth-order valence-corrected chi connectivity index (χ4v) is 6.02. The van der Waals surface area contributed by atoms with Crippen LogP contribution in [-0.4, -0.2) is 37.5 Å². The van der Waals surface area contributed by atoms with Gasteiger partial charge in [-0.15, -0.1) is 11.3 Å². The van der Waals surface area contributed by atoms with Crippen LogP contribution in [0.4, 0.5) is 0 Å². The summed E-state index contributed by atoms with van der Waals surface area (Å²) in [6.07, 6.45) is 1.62. The maximum Gasteiger partial charge on any atom is 0.224 e. The zero-order valence-corrected chi connectivity index (χ0v) is 15.3. The van der Waals surface area contributed by atoms with Gasteiger partial charge in [-0.2, -0.15) is 0 Å². The smallest absolute Gasteiger partial charge is 0.224 e. The van der Waals surface area contributed by atoms with Gasteiger partial charge in [0, 0.05) is 23.9 Å². The number of nitrogens with zero attached hydrogens (tertiary/aromatic N) is 1. The lowest BCUT2D eigenvalue weighted by atomic mass is 10.0. The summed E-state index contributed by atoms with van der Waals surface area (Å²) >= 11 is 1.63. The van der Waals surface area contributed by atoms with Crippen molar-refractivity contribution < 1.29 is 13.2 Å². The number of rotatable bonds is 6. The lowest BCUT2D eigenvalue weighted by Crippen LogP contribution is -2.33. The van der Waals surface area contributed by atoms with Crippen molar-refractivity contribution in [3.05, 3.63) is 22.4 Å². The standard InChI is InChI=1S/C16H24N2O3S2/c1-12(2)10-23(20,21)18-6-5-16(11-18)8-14(16)15(19)17-9-13-4-3-7-22-13/h3-4,7,12,14H,5-6,8-11H2,1-2H3,(H,17,19)/t14-,16+/m0/s1. The van der Waals surface area contributed by atoms with E-state index in [0.717, 1.165) is 17.7 Å². The highest BCUT2D eigenvalue weighted by Crippen LogP contribution is 2.59. The number of sulfonamides is 1. The number of hydrogen-bond acceptors (Lipinski definition) is 4. The van der Waals surface area contributed by atoms with E-state index in [1.165, 1.54) is 0 Å². The zero-order chi connectivity index (χ0) is 16.7. The topological polar surface area (TPSA) is 66.5 Å². The molecule has 1 aromatic rings. The van der Waals surface area contributed by atoms with E-state index in [2.05, 4.69) is 5.32 Å². The third-order valence-corrected chi connectivity index (χ3v) is 7.87. The lowest BCUT2D eigenvalue weighted by molar-refractivity contribution is -0.123. The number of amides is 1. The molecule has 128 valence electrons. The minimum Gasteiger partial charge on any atom is -0.351 e. The van der Waals surface area contributed by atoms with E-state index in [1.54, 1.807) is 15.6 Å². The normalized spacial score (nSPS) is 27.7. The summed E-state index contributed by atoms with van der Waals surface area (Å²) in [5.74, 6) is 0.363. The van der Waals surface area contributed by atoms with E-state index in [0.29, 0.717) is 19.6 Å². The molecule has 1 N–H and O–H groups in total. The second-order valence-corrected chi connectivity index (χ2v) is 10.2. The Hall–Kier alpha value is -0.920. The summed E-state index contributed by atoms with van der Waals surface area (Å²) in [6, 6.07) is 3.97. The molecular weight excluding hydrogens is 332 g/mol. The van der Waals surface area contributed by atoms with Crippen molar-refractivity contribution in [2.45, 2.75) is 33.2 Å². The summed E-state index contributed by atoms with van der Waals surface area (Å²) < 4.78 is 26.3. The van der Waals surface area contributed by atoms with Crippen molar-refractivity contribution >= 4 is 27.3 Å². The van der Waals surface area contributed by atoms with Crippen molar-refractivity contribution in [1.29, 1.82) is 0 Å². The van der Waals surface area contributed by atoms with Crippen LogP contribution in [-0.2, 0) is 21.4 Å². The minimum absolute atomic E-state index is 0.0262. The van der Waals surface area contributed by atoms with Crippen molar-refractivity contribution in [3.8, 4) is 0 Å². The van der Waals surface area contributed by atoms with Gasteiger partial charge in [0.05, 0.1) is 12.3 Å². The Kier molecular flexibility index (Phi) is 4.55. The monoisotopic (exact) mass is 356 g/mol. The SMILES string of the molecule is CC(C)CS(=O)(=O)N1CC[C@@]2(C[C@H]2C(=O)NCc2cccs2)C1. The maximum absolute atomic E-state index is 12.3. The van der Waals surface area contributed by atoms with Crippen LogP contribution in [0.25, 0.3) is 0 Å². The molecular formula is C16H24N2O3S2. The number of carbonyl (C=O) groups excluding carboxylic acids is 1. The first-order valence-electron chi connectivity index (χ1n) is 8.10. The zero-order valence-electron chi connectivity index (χ0n) is 13.6. The molecule has 2 fully saturated rings. The van der Waals surface area contributed by atoms with Gasteiger partial charge in [0.1, 0.15) is 0 Å². The molecule has 1 aliphatic carbocycles. The highest BCUT2D eigenvalue weighted by atomic mass is 32.2. The first-order valence-corrected chi connectivity index (χ1v) is 10.6. The van der Waals surface area contributed by atoms with Gasteiger partial charge in [0.2, 0.25) is 15.9 Å². The van der Waals surface area contributed by atoms with Crippen LogP contribution in [0.3, 0.4) is 0 Å². The van der Waals surface area contributed by atoms with Gasteiger partial charge in [-0.05, 0) is 35.6 Å². The molecule has 2 aliphatic rings. The number of thiophene rings is 1. The maximum atomic E-state index is 12.3. The van der Waals surface area contributed by atoms with E-state index < -0.39 is 10.0 Å². The van der Waals surface area contributed by atoms with Gasteiger partial charge < -0.3 is 5.32 Å². The molecule has 1 aromatic heterocycles. The van der Waals surface area contributed by atoms with E-state index in [-0.39, 0.29) is 28.9 Å². The number of carbonyl (C=O) groups is 1. The van der Waals surface area contributed by atoms with Crippen LogP contribution in [0.15, 0.2) is 17.5 Å². The fourth-order valence-electron chi connectivity index (χ4n) is 3.50. The largest absolute Gasteiger partial charge is 0.351 e. The molecule has 1 saturated carbocycles. The van der Waals surface area contributed by atoms with Gasteiger partial charge in [0.15, 0.2) is 0 Å². The molecule has 1 saturated heterocycles. The first-order chi connectivity index (χ1) is 10.8. The molecule has 1 amide bonds. The van der Waals surface area contributed by atoms with Gasteiger partial charge in [-0.3, -0.25) is 4.79 Å². The van der Waals surface area contributed by atoms with Crippen LogP contribution in [0, 0.1) is 17.3 Å². The quantitative estimate of drug-likeness (QED) is 0.848. The van der Waals surface area contributed by atoms with E-state index >= 15 is 0 Å². The molecule has 2 atom stereocenters. The molecule has 5 nitrogen and oxygen atoms in total. The average Bonchev–Trinajstić information content (AvgIpc) is 2.82. The Bertz CT molecular complexity index is 670. The summed E-state index contributed by atoms with van der Waals surface area (Å²) in [5.41, 5.74) is -0.108. The summed E-state index contributed by atoms with van der Waals surface area (Å²) in [7, 11) is -3.18. The van der Waals surface area contributed by atoms with Crippen molar-refractivity contribution in [2.75, 3.05) is 18.8 Å². The number of hydrogen-bond donors (Lipinski definition) is 1. The minimum atomic E-state index is -3.18. The third kappa shape index (κ3) is 3.61. The lowest BCUT2D eigenvalue weighted by Gasteiger charge is -2.18. The predicted octanol–water partition coefficient (Wildman–Crippen LogP) is 2.06. The number of nitrogens with one attached hydrogen (secondary N) is 1.